The van der Waals surface area contributed by atoms with E-state index in [4.69, 9.17) is 9.47 Å². The van der Waals surface area contributed by atoms with Crippen LogP contribution in [0.2, 0.25) is 5.54 Å². The van der Waals surface area contributed by atoms with Crippen LogP contribution in [0.1, 0.15) is 26.5 Å². The molecule has 0 aliphatic heterocycles. The first-order valence-electron chi connectivity index (χ1n) is 5.86. The van der Waals surface area contributed by atoms with Gasteiger partial charge in [0.05, 0.1) is 5.69 Å². The molecule has 0 aliphatic rings. The molecule has 1 aromatic heterocycles. The normalized spacial score (nSPS) is 13.9. The summed E-state index contributed by atoms with van der Waals surface area (Å²) in [5, 5.41) is 0. The van der Waals surface area contributed by atoms with Crippen molar-refractivity contribution in [1.82, 2.24) is 4.98 Å². The highest BCUT2D eigenvalue weighted by atomic mass is 28.1. The summed E-state index contributed by atoms with van der Waals surface area (Å²) in [6, 6.07) is 5.85. The second-order valence-corrected chi connectivity index (χ2v) is 5.64. The number of hydrogen-bond donors (Lipinski definition) is 0. The van der Waals surface area contributed by atoms with E-state index in [1.807, 2.05) is 32.0 Å². The van der Waals surface area contributed by atoms with Crippen molar-refractivity contribution in [2.45, 2.75) is 32.1 Å². The fraction of sp³-hybridized carbons (Fsp3) is 0.583. The highest BCUT2D eigenvalue weighted by molar-refractivity contribution is 6.12. The molecule has 90 valence electrons. The second kappa shape index (κ2) is 6.13. The molecule has 1 unspecified atom stereocenters. The van der Waals surface area contributed by atoms with E-state index in [2.05, 4.69) is 11.9 Å². The van der Waals surface area contributed by atoms with Gasteiger partial charge in [-0.3, -0.25) is 4.98 Å². The van der Waals surface area contributed by atoms with Gasteiger partial charge in [-0.05, 0) is 26.0 Å². The third-order valence-electron chi connectivity index (χ3n) is 2.50. The fourth-order valence-electron chi connectivity index (χ4n) is 1.82. The fourth-order valence-corrected chi connectivity index (χ4v) is 2.45. The molecule has 0 saturated carbocycles. The lowest BCUT2D eigenvalue weighted by molar-refractivity contribution is -0.245. The van der Waals surface area contributed by atoms with E-state index in [1.165, 1.54) is 0 Å². The summed E-state index contributed by atoms with van der Waals surface area (Å²) in [4.78, 5) is 4.38. The van der Waals surface area contributed by atoms with Crippen LogP contribution in [0.3, 0.4) is 0 Å². The lowest BCUT2D eigenvalue weighted by Gasteiger charge is -2.36. The van der Waals surface area contributed by atoms with Crippen molar-refractivity contribution in [2.24, 2.45) is 0 Å². The van der Waals surface area contributed by atoms with Gasteiger partial charge in [0, 0.05) is 35.2 Å². The van der Waals surface area contributed by atoms with Crippen LogP contribution in [0.5, 0.6) is 0 Å². The lowest BCUT2D eigenvalue weighted by Crippen LogP contribution is -2.38. The second-order valence-electron chi connectivity index (χ2n) is 3.90. The van der Waals surface area contributed by atoms with Crippen molar-refractivity contribution in [3.8, 4) is 0 Å². The van der Waals surface area contributed by atoms with Crippen LogP contribution < -0.4 is 0 Å². The van der Waals surface area contributed by atoms with Crippen LogP contribution in [0.25, 0.3) is 0 Å². The summed E-state index contributed by atoms with van der Waals surface area (Å²) < 4.78 is 11.7. The molecule has 0 aromatic carbocycles. The Morgan fingerprint density at radius 2 is 1.94 bits per heavy atom. The van der Waals surface area contributed by atoms with Crippen LogP contribution in [0.4, 0.5) is 0 Å². The minimum atomic E-state index is -0.656. The Morgan fingerprint density at radius 3 is 2.31 bits per heavy atom. The van der Waals surface area contributed by atoms with Gasteiger partial charge in [0.2, 0.25) is 5.79 Å². The summed E-state index contributed by atoms with van der Waals surface area (Å²) in [5.74, 6) is -0.656. The van der Waals surface area contributed by atoms with Crippen LogP contribution in [0, 0.1) is 0 Å². The van der Waals surface area contributed by atoms with Crippen molar-refractivity contribution in [2.75, 3.05) is 13.2 Å². The monoisotopic (exact) mass is 239 g/mol. The predicted octanol–water partition coefficient (Wildman–Crippen LogP) is 1.48. The molecule has 0 spiro atoms. The van der Waals surface area contributed by atoms with E-state index in [9.17, 15) is 0 Å². The van der Waals surface area contributed by atoms with E-state index < -0.39 is 5.79 Å². The van der Waals surface area contributed by atoms with Gasteiger partial charge in [-0.15, -0.1) is 0 Å². The maximum Gasteiger partial charge on any atom is 0.211 e. The number of hydrogen-bond acceptors (Lipinski definition) is 3. The molecule has 0 radical (unpaired) electrons. The number of pyridine rings is 1. The van der Waals surface area contributed by atoms with Crippen molar-refractivity contribution < 1.29 is 9.47 Å². The minimum Gasteiger partial charge on any atom is -0.345 e. The summed E-state index contributed by atoms with van der Waals surface area (Å²) >= 11 is 0. The maximum atomic E-state index is 5.87. The number of ether oxygens (including phenoxy) is 2. The molecule has 0 bridgehead atoms. The van der Waals surface area contributed by atoms with E-state index in [-0.39, 0.29) is 0 Å². The molecular weight excluding hydrogens is 218 g/mol. The van der Waals surface area contributed by atoms with E-state index in [0.717, 1.165) is 15.9 Å². The predicted molar refractivity (Wildman–Crippen MR) is 68.5 cm³/mol. The SMILES string of the molecule is CCOC(OCC)(c1ccccn1)C(C)[SiH3]. The zero-order valence-electron chi connectivity index (χ0n) is 10.6. The van der Waals surface area contributed by atoms with Gasteiger partial charge in [-0.25, -0.2) is 0 Å². The Morgan fingerprint density at radius 1 is 1.31 bits per heavy atom. The van der Waals surface area contributed by atoms with Gasteiger partial charge >= 0.3 is 0 Å². The maximum absolute atomic E-state index is 5.87. The van der Waals surface area contributed by atoms with Crippen molar-refractivity contribution >= 4 is 10.2 Å². The molecule has 0 N–H and O–H groups in total. The molecule has 0 fully saturated rings. The van der Waals surface area contributed by atoms with Gasteiger partial charge in [-0.2, -0.15) is 0 Å². The molecule has 16 heavy (non-hydrogen) atoms. The summed E-state index contributed by atoms with van der Waals surface area (Å²) in [6.45, 7) is 7.37. The van der Waals surface area contributed by atoms with Crippen molar-refractivity contribution in [3.63, 3.8) is 0 Å². The van der Waals surface area contributed by atoms with Crippen LogP contribution in [-0.4, -0.2) is 28.4 Å². The minimum absolute atomic E-state index is 0.349. The smallest absolute Gasteiger partial charge is 0.211 e. The largest absolute Gasteiger partial charge is 0.345 e. The summed E-state index contributed by atoms with van der Waals surface area (Å²) in [7, 11) is 0.999. The van der Waals surface area contributed by atoms with E-state index >= 15 is 0 Å². The Hall–Kier alpha value is -0.713. The first-order valence-corrected chi connectivity index (χ1v) is 7.02. The standard InChI is InChI=1S/C12H21NO2Si/c1-4-14-12(10(3)16,15-5-2)11-8-6-7-9-13-11/h6-10H,4-5H2,1-3,16H3. The lowest BCUT2D eigenvalue weighted by atomic mass is 10.1. The Labute approximate surface area is 101 Å². The molecule has 0 saturated heterocycles. The summed E-state index contributed by atoms with van der Waals surface area (Å²) in [5.41, 5.74) is 1.23. The van der Waals surface area contributed by atoms with E-state index in [0.29, 0.717) is 18.8 Å². The molecule has 1 rings (SSSR count). The molecule has 3 nitrogen and oxygen atoms in total. The van der Waals surface area contributed by atoms with Gasteiger partial charge < -0.3 is 9.47 Å². The Balaban J connectivity index is 3.10. The molecule has 1 heterocycles. The summed E-state index contributed by atoms with van der Waals surface area (Å²) in [6.07, 6.45) is 1.78. The zero-order chi connectivity index (χ0) is 12.0. The molecule has 0 aliphatic carbocycles. The number of nitrogens with zero attached hydrogens (tertiary/aromatic N) is 1. The molecule has 1 atom stereocenters. The first kappa shape index (κ1) is 13.4. The average molecular weight is 239 g/mol. The Kier molecular flexibility index (Phi) is 5.11. The highest BCUT2D eigenvalue weighted by Crippen LogP contribution is 2.35. The van der Waals surface area contributed by atoms with Crippen LogP contribution in [0.15, 0.2) is 24.4 Å². The highest BCUT2D eigenvalue weighted by Gasteiger charge is 2.38. The molecule has 1 aromatic rings. The van der Waals surface area contributed by atoms with Gasteiger partial charge in [0.25, 0.3) is 0 Å². The van der Waals surface area contributed by atoms with Crippen molar-refractivity contribution in [1.29, 1.82) is 0 Å². The van der Waals surface area contributed by atoms with Gasteiger partial charge in [-0.1, -0.05) is 13.0 Å². The quantitative estimate of drug-likeness (QED) is 0.556. The van der Waals surface area contributed by atoms with Crippen LogP contribution >= 0.6 is 0 Å². The number of aromatic nitrogens is 1. The molecule has 4 heteroatoms. The topological polar surface area (TPSA) is 31.4 Å². The van der Waals surface area contributed by atoms with Crippen molar-refractivity contribution in [3.05, 3.63) is 30.1 Å². The Bertz CT molecular complexity index is 297. The van der Waals surface area contributed by atoms with Crippen LogP contribution in [-0.2, 0) is 15.3 Å². The first-order chi connectivity index (χ1) is 7.67. The molecular formula is C12H21NO2Si. The third-order valence-corrected chi connectivity index (χ3v) is 3.26. The zero-order valence-corrected chi connectivity index (χ0v) is 12.6. The average Bonchev–Trinajstić information content (AvgIpc) is 2.29. The van der Waals surface area contributed by atoms with Gasteiger partial charge in [0.15, 0.2) is 0 Å². The van der Waals surface area contributed by atoms with Gasteiger partial charge in [0.1, 0.15) is 0 Å². The number of rotatable bonds is 6. The third kappa shape index (κ3) is 2.69. The molecule has 0 amide bonds. The van der Waals surface area contributed by atoms with E-state index in [1.54, 1.807) is 6.20 Å².